The van der Waals surface area contributed by atoms with Crippen LogP contribution in [0.2, 0.25) is 0 Å². The Hall–Kier alpha value is -1.20. The highest BCUT2D eigenvalue weighted by molar-refractivity contribution is 7.18. The number of aryl methyl sites for hydroxylation is 2. The van der Waals surface area contributed by atoms with Gasteiger partial charge in [-0.15, -0.1) is 11.3 Å². The Morgan fingerprint density at radius 3 is 2.89 bits per heavy atom. The first-order valence-corrected chi connectivity index (χ1v) is 7.54. The number of hydrogen-bond donors (Lipinski definition) is 1. The monoisotopic (exact) mass is 279 g/mol. The van der Waals surface area contributed by atoms with Gasteiger partial charge in [-0.2, -0.15) is 0 Å². The smallest absolute Gasteiger partial charge is 0.262 e. The highest BCUT2D eigenvalue weighted by Crippen LogP contribution is 2.25. The molecule has 4 nitrogen and oxygen atoms in total. The Bertz CT molecular complexity index is 629. The van der Waals surface area contributed by atoms with Crippen LogP contribution in [0.4, 0.5) is 0 Å². The number of thiophene rings is 1. The molecule has 1 unspecified atom stereocenters. The number of hydrogen-bond acceptors (Lipinski definition) is 4. The Labute approximate surface area is 117 Å². The molecule has 1 atom stereocenters. The van der Waals surface area contributed by atoms with Crippen molar-refractivity contribution in [1.29, 1.82) is 0 Å². The quantitative estimate of drug-likeness (QED) is 0.914. The number of aromatic nitrogens is 2. The molecule has 0 bridgehead atoms. The Morgan fingerprint density at radius 1 is 1.47 bits per heavy atom. The number of rotatable bonds is 5. The SMILES string of the molecule is CCC(C)NCCn1cnc2sc(C)c(C)c2c1=O. The number of nitrogens with zero attached hydrogens (tertiary/aromatic N) is 2. The van der Waals surface area contributed by atoms with Crippen LogP contribution < -0.4 is 10.9 Å². The van der Waals surface area contributed by atoms with Gasteiger partial charge in [0.1, 0.15) is 4.83 Å². The van der Waals surface area contributed by atoms with Gasteiger partial charge < -0.3 is 5.32 Å². The van der Waals surface area contributed by atoms with E-state index in [0.29, 0.717) is 12.6 Å². The van der Waals surface area contributed by atoms with Gasteiger partial charge >= 0.3 is 0 Å². The second kappa shape index (κ2) is 5.84. The average molecular weight is 279 g/mol. The molecular weight excluding hydrogens is 258 g/mol. The highest BCUT2D eigenvalue weighted by atomic mass is 32.1. The molecule has 0 aliphatic carbocycles. The Balaban J connectivity index is 2.23. The van der Waals surface area contributed by atoms with Gasteiger partial charge in [0.15, 0.2) is 0 Å². The average Bonchev–Trinajstić information content (AvgIpc) is 2.68. The second-order valence-corrected chi connectivity index (χ2v) is 6.17. The van der Waals surface area contributed by atoms with Crippen LogP contribution in [0, 0.1) is 13.8 Å². The van der Waals surface area contributed by atoms with E-state index in [4.69, 9.17) is 0 Å². The van der Waals surface area contributed by atoms with Crippen molar-refractivity contribution in [2.45, 2.75) is 46.7 Å². The van der Waals surface area contributed by atoms with Gasteiger partial charge in [-0.25, -0.2) is 4.98 Å². The molecule has 0 radical (unpaired) electrons. The fraction of sp³-hybridized carbons (Fsp3) is 0.571. The summed E-state index contributed by atoms with van der Waals surface area (Å²) in [7, 11) is 0. The van der Waals surface area contributed by atoms with Crippen molar-refractivity contribution < 1.29 is 0 Å². The summed E-state index contributed by atoms with van der Waals surface area (Å²) >= 11 is 1.59. The van der Waals surface area contributed by atoms with Crippen LogP contribution in [0.15, 0.2) is 11.1 Å². The normalized spacial score (nSPS) is 13.1. The fourth-order valence-electron chi connectivity index (χ4n) is 2.00. The van der Waals surface area contributed by atoms with Crippen LogP contribution in [0.25, 0.3) is 10.2 Å². The molecule has 0 aliphatic rings. The van der Waals surface area contributed by atoms with E-state index in [2.05, 4.69) is 24.1 Å². The lowest BCUT2D eigenvalue weighted by molar-refractivity contribution is 0.499. The van der Waals surface area contributed by atoms with Crippen molar-refractivity contribution in [3.8, 4) is 0 Å². The molecule has 0 amide bonds. The molecule has 2 heterocycles. The third kappa shape index (κ3) is 2.87. The zero-order valence-corrected chi connectivity index (χ0v) is 12.8. The summed E-state index contributed by atoms with van der Waals surface area (Å²) in [5, 5.41) is 4.18. The first-order chi connectivity index (χ1) is 9.04. The molecular formula is C14H21N3OS. The van der Waals surface area contributed by atoms with Crippen molar-refractivity contribution in [3.63, 3.8) is 0 Å². The molecule has 104 valence electrons. The van der Waals surface area contributed by atoms with E-state index in [1.165, 1.54) is 4.88 Å². The molecule has 0 fully saturated rings. The lowest BCUT2D eigenvalue weighted by atomic mass is 10.2. The van der Waals surface area contributed by atoms with Crippen LogP contribution >= 0.6 is 11.3 Å². The third-order valence-corrected chi connectivity index (χ3v) is 4.73. The van der Waals surface area contributed by atoms with Crippen LogP contribution in [-0.2, 0) is 6.54 Å². The maximum absolute atomic E-state index is 12.4. The molecule has 2 aromatic rings. The minimum absolute atomic E-state index is 0.0813. The predicted octanol–water partition coefficient (Wildman–Crippen LogP) is 2.46. The zero-order chi connectivity index (χ0) is 14.0. The molecule has 19 heavy (non-hydrogen) atoms. The molecule has 0 aromatic carbocycles. The largest absolute Gasteiger partial charge is 0.312 e. The summed E-state index contributed by atoms with van der Waals surface area (Å²) in [5.74, 6) is 0. The fourth-order valence-corrected chi connectivity index (χ4v) is 2.99. The molecule has 0 aliphatic heterocycles. The van der Waals surface area contributed by atoms with Crippen LogP contribution in [0.5, 0.6) is 0 Å². The van der Waals surface area contributed by atoms with Crippen molar-refractivity contribution in [2.75, 3.05) is 6.54 Å². The second-order valence-electron chi connectivity index (χ2n) is 4.97. The van der Waals surface area contributed by atoms with Gasteiger partial charge in [0, 0.05) is 24.0 Å². The standard InChI is InChI=1S/C14H21N3OS/c1-5-9(2)15-6-7-17-8-16-13-12(14(17)18)10(3)11(4)19-13/h8-9,15H,5-7H2,1-4H3. The van der Waals surface area contributed by atoms with Crippen LogP contribution in [0.1, 0.15) is 30.7 Å². The van der Waals surface area contributed by atoms with Gasteiger partial charge in [-0.3, -0.25) is 9.36 Å². The minimum Gasteiger partial charge on any atom is -0.312 e. The van der Waals surface area contributed by atoms with E-state index in [0.717, 1.165) is 28.7 Å². The maximum Gasteiger partial charge on any atom is 0.262 e. The van der Waals surface area contributed by atoms with E-state index in [-0.39, 0.29) is 5.56 Å². The van der Waals surface area contributed by atoms with Crippen molar-refractivity contribution in [3.05, 3.63) is 27.1 Å². The summed E-state index contributed by atoms with van der Waals surface area (Å²) in [5.41, 5.74) is 1.15. The molecule has 0 saturated heterocycles. The topological polar surface area (TPSA) is 46.9 Å². The molecule has 1 N–H and O–H groups in total. The molecule has 2 aromatic heterocycles. The summed E-state index contributed by atoms with van der Waals surface area (Å²) in [4.78, 5) is 18.8. The minimum atomic E-state index is 0.0813. The molecule has 0 spiro atoms. The predicted molar refractivity (Wildman–Crippen MR) is 81.1 cm³/mol. The van der Waals surface area contributed by atoms with Gasteiger partial charge in [-0.05, 0) is 32.8 Å². The highest BCUT2D eigenvalue weighted by Gasteiger charge is 2.11. The van der Waals surface area contributed by atoms with Gasteiger partial charge in [0.05, 0.1) is 11.7 Å². The summed E-state index contributed by atoms with van der Waals surface area (Å²) in [6.07, 6.45) is 2.76. The van der Waals surface area contributed by atoms with E-state index in [1.54, 1.807) is 22.2 Å². The van der Waals surface area contributed by atoms with E-state index in [9.17, 15) is 4.79 Å². The van der Waals surface area contributed by atoms with Gasteiger partial charge in [0.25, 0.3) is 5.56 Å². The zero-order valence-electron chi connectivity index (χ0n) is 12.0. The number of nitrogens with one attached hydrogen (secondary N) is 1. The molecule has 0 saturated carbocycles. The Kier molecular flexibility index (Phi) is 4.37. The van der Waals surface area contributed by atoms with Crippen molar-refractivity contribution in [2.24, 2.45) is 0 Å². The summed E-state index contributed by atoms with van der Waals surface area (Å²) < 4.78 is 1.71. The number of fused-ring (bicyclic) bond motifs is 1. The van der Waals surface area contributed by atoms with Crippen molar-refractivity contribution in [1.82, 2.24) is 14.9 Å². The van der Waals surface area contributed by atoms with Gasteiger partial charge in [0.2, 0.25) is 0 Å². The lowest BCUT2D eigenvalue weighted by Crippen LogP contribution is -2.32. The van der Waals surface area contributed by atoms with Gasteiger partial charge in [-0.1, -0.05) is 6.92 Å². The first-order valence-electron chi connectivity index (χ1n) is 6.73. The van der Waals surface area contributed by atoms with Crippen LogP contribution in [0.3, 0.4) is 0 Å². The van der Waals surface area contributed by atoms with Crippen LogP contribution in [-0.4, -0.2) is 22.1 Å². The third-order valence-electron chi connectivity index (χ3n) is 3.61. The lowest BCUT2D eigenvalue weighted by Gasteiger charge is -2.11. The molecule has 5 heteroatoms. The maximum atomic E-state index is 12.4. The first kappa shape index (κ1) is 14.2. The summed E-state index contributed by atoms with van der Waals surface area (Å²) in [6.45, 7) is 9.80. The van der Waals surface area contributed by atoms with E-state index in [1.807, 2.05) is 13.8 Å². The summed E-state index contributed by atoms with van der Waals surface area (Å²) in [6, 6.07) is 0.484. The molecule has 2 rings (SSSR count). The van der Waals surface area contributed by atoms with E-state index < -0.39 is 0 Å². The Morgan fingerprint density at radius 2 is 2.21 bits per heavy atom. The van der Waals surface area contributed by atoms with E-state index >= 15 is 0 Å². The van der Waals surface area contributed by atoms with Crippen molar-refractivity contribution >= 4 is 21.6 Å².